The van der Waals surface area contributed by atoms with Crippen LogP contribution in [0.2, 0.25) is 0 Å². The van der Waals surface area contributed by atoms with Gasteiger partial charge in [-0.1, -0.05) is 81.9 Å². The molecule has 0 aliphatic carbocycles. The van der Waals surface area contributed by atoms with Gasteiger partial charge in [0.2, 0.25) is 0 Å². The molecule has 0 spiro atoms. The van der Waals surface area contributed by atoms with E-state index in [1.54, 1.807) is 11.8 Å². The van der Waals surface area contributed by atoms with Gasteiger partial charge in [-0.2, -0.15) is 4.99 Å². The van der Waals surface area contributed by atoms with Crippen molar-refractivity contribution in [1.82, 2.24) is 20.1 Å². The maximum absolute atomic E-state index is 13.1. The van der Waals surface area contributed by atoms with E-state index in [-0.39, 0.29) is 23.2 Å². The van der Waals surface area contributed by atoms with Crippen LogP contribution in [-0.4, -0.2) is 50.7 Å². The maximum Gasteiger partial charge on any atom is 0.573 e. The largest absolute Gasteiger partial charge is 0.573 e. The van der Waals surface area contributed by atoms with E-state index in [2.05, 4.69) is 82.8 Å². The molecule has 2 amide bonds. The molecule has 0 radical (unpaired) electrons. The minimum absolute atomic E-state index is 0.236. The fourth-order valence-electron chi connectivity index (χ4n) is 5.48. The van der Waals surface area contributed by atoms with Crippen molar-refractivity contribution in [2.75, 3.05) is 17.2 Å². The number of ether oxygens (including phenoxy) is 1. The third-order valence-corrected chi connectivity index (χ3v) is 8.85. The Morgan fingerprint density at radius 1 is 1.06 bits per heavy atom. The van der Waals surface area contributed by atoms with E-state index < -0.39 is 6.36 Å². The number of halogens is 3. The molecule has 2 heterocycles. The van der Waals surface area contributed by atoms with Gasteiger partial charge in [0.25, 0.3) is 0 Å². The Kier molecular flexibility index (Phi) is 10.3. The van der Waals surface area contributed by atoms with Crippen molar-refractivity contribution < 1.29 is 22.7 Å². The highest BCUT2D eigenvalue weighted by atomic mass is 32.2. The molecule has 4 aromatic rings. The van der Waals surface area contributed by atoms with E-state index in [0.29, 0.717) is 24.0 Å². The predicted octanol–water partition coefficient (Wildman–Crippen LogP) is 8.62. The van der Waals surface area contributed by atoms with E-state index in [0.717, 1.165) is 40.6 Å². The van der Waals surface area contributed by atoms with Gasteiger partial charge in [-0.05, 0) is 72.6 Å². The smallest absolute Gasteiger partial charge is 0.406 e. The summed E-state index contributed by atoms with van der Waals surface area (Å²) in [5.74, 6) is 1.44. The molecule has 1 aliphatic rings. The molecule has 0 saturated carbocycles. The zero-order valence-corrected chi connectivity index (χ0v) is 27.9. The first-order valence-electron chi connectivity index (χ1n) is 15.5. The van der Waals surface area contributed by atoms with Crippen LogP contribution in [0.4, 0.5) is 23.7 Å². The number of thioether (sulfide) groups is 1. The fourth-order valence-corrected chi connectivity index (χ4v) is 6.68. The number of nitrogens with zero attached hydrogens (tertiary/aromatic N) is 5. The van der Waals surface area contributed by atoms with Crippen LogP contribution in [0.15, 0.2) is 84.1 Å². The van der Waals surface area contributed by atoms with Crippen LogP contribution in [0.5, 0.6) is 5.75 Å². The third kappa shape index (κ3) is 8.94. The number of carbonyl (C=O) groups excluding carboxylic acids is 1. The number of rotatable bonds is 9. The second-order valence-electron chi connectivity index (χ2n) is 12.7. The van der Waals surface area contributed by atoms with Gasteiger partial charge < -0.3 is 15.0 Å². The Balaban J connectivity index is 1.19. The number of benzene rings is 3. The van der Waals surface area contributed by atoms with Crippen molar-refractivity contribution >= 4 is 28.6 Å². The van der Waals surface area contributed by atoms with Gasteiger partial charge in [0.1, 0.15) is 12.1 Å². The minimum Gasteiger partial charge on any atom is -0.406 e. The SMILES string of the molecule is CC(C)c1ccccc1N1/C(=N/C(=O)NCC(C)(C)Cc2ccc(-c3ncn(-c4ccc(OC(F)(F)F)cc4)n3)cc2)SCCC1C. The average molecular weight is 665 g/mol. The van der Waals surface area contributed by atoms with Crippen LogP contribution in [-0.2, 0) is 6.42 Å². The summed E-state index contributed by atoms with van der Waals surface area (Å²) >= 11 is 1.62. The van der Waals surface area contributed by atoms with Crippen LogP contribution in [0.25, 0.3) is 17.1 Å². The van der Waals surface area contributed by atoms with E-state index in [4.69, 9.17) is 0 Å². The molecule has 1 N–H and O–H groups in total. The molecule has 1 saturated heterocycles. The first-order valence-corrected chi connectivity index (χ1v) is 16.5. The minimum atomic E-state index is -4.75. The number of para-hydroxylation sites is 1. The molecular weight excluding hydrogens is 625 g/mol. The van der Waals surface area contributed by atoms with Gasteiger partial charge in [0, 0.05) is 29.6 Å². The molecule has 248 valence electrons. The number of carbonyl (C=O) groups is 1. The molecule has 8 nitrogen and oxygen atoms in total. The highest BCUT2D eigenvalue weighted by molar-refractivity contribution is 8.14. The Morgan fingerprint density at radius 3 is 2.45 bits per heavy atom. The van der Waals surface area contributed by atoms with Crippen LogP contribution >= 0.6 is 11.8 Å². The number of aromatic nitrogens is 3. The van der Waals surface area contributed by atoms with Gasteiger partial charge in [-0.3, -0.25) is 0 Å². The van der Waals surface area contributed by atoms with Crippen molar-refractivity contribution in [3.63, 3.8) is 0 Å². The Bertz CT molecular complexity index is 1700. The first-order chi connectivity index (χ1) is 22.3. The topological polar surface area (TPSA) is 84.6 Å². The lowest BCUT2D eigenvalue weighted by Gasteiger charge is -2.37. The number of hydrogen-bond donors (Lipinski definition) is 1. The molecule has 1 aromatic heterocycles. The second-order valence-corrected chi connectivity index (χ2v) is 13.8. The normalized spacial score (nSPS) is 16.5. The van der Waals surface area contributed by atoms with Crippen LogP contribution in [0, 0.1) is 5.41 Å². The van der Waals surface area contributed by atoms with E-state index in [1.165, 1.54) is 40.8 Å². The van der Waals surface area contributed by atoms with Crippen LogP contribution in [0.1, 0.15) is 58.1 Å². The summed E-state index contributed by atoms with van der Waals surface area (Å²) in [5.41, 5.74) is 4.54. The highest BCUT2D eigenvalue weighted by Gasteiger charge is 2.31. The van der Waals surface area contributed by atoms with Gasteiger partial charge >= 0.3 is 12.4 Å². The highest BCUT2D eigenvalue weighted by Crippen LogP contribution is 2.35. The monoisotopic (exact) mass is 664 g/mol. The number of anilines is 1. The van der Waals surface area contributed by atoms with Crippen molar-refractivity contribution in [3.05, 3.63) is 90.3 Å². The number of alkyl halides is 3. The van der Waals surface area contributed by atoms with E-state index >= 15 is 0 Å². The van der Waals surface area contributed by atoms with Gasteiger partial charge in [0.05, 0.1) is 5.69 Å². The summed E-state index contributed by atoms with van der Waals surface area (Å²) in [6.07, 6.45) is -1.51. The predicted molar refractivity (Wildman–Crippen MR) is 181 cm³/mol. The lowest BCUT2D eigenvalue weighted by atomic mass is 9.85. The summed E-state index contributed by atoms with van der Waals surface area (Å²) in [5, 5.41) is 8.24. The average Bonchev–Trinajstić information content (AvgIpc) is 3.51. The molecule has 1 atom stereocenters. The van der Waals surface area contributed by atoms with Crippen molar-refractivity contribution in [1.29, 1.82) is 0 Å². The summed E-state index contributed by atoms with van der Waals surface area (Å²) < 4.78 is 42.8. The molecule has 3 aromatic carbocycles. The summed E-state index contributed by atoms with van der Waals surface area (Å²) in [6, 6.07) is 21.5. The molecule has 1 fully saturated rings. The van der Waals surface area contributed by atoms with Gasteiger partial charge in [-0.25, -0.2) is 14.5 Å². The van der Waals surface area contributed by atoms with Crippen molar-refractivity contribution in [2.24, 2.45) is 10.4 Å². The second kappa shape index (κ2) is 14.2. The molecule has 47 heavy (non-hydrogen) atoms. The van der Waals surface area contributed by atoms with Gasteiger partial charge in [-0.15, -0.1) is 18.3 Å². The number of amides is 2. The first kappa shape index (κ1) is 34.0. The number of nitrogens with one attached hydrogen (secondary N) is 1. The molecule has 5 rings (SSSR count). The summed E-state index contributed by atoms with van der Waals surface area (Å²) in [7, 11) is 0. The zero-order valence-electron chi connectivity index (χ0n) is 27.1. The lowest BCUT2D eigenvalue weighted by molar-refractivity contribution is -0.274. The number of aliphatic imine (C=N–C) groups is 1. The molecule has 12 heteroatoms. The lowest BCUT2D eigenvalue weighted by Crippen LogP contribution is -2.43. The van der Waals surface area contributed by atoms with Crippen LogP contribution in [0.3, 0.4) is 0 Å². The van der Waals surface area contributed by atoms with Crippen LogP contribution < -0.4 is 15.0 Å². The van der Waals surface area contributed by atoms with E-state index in [9.17, 15) is 18.0 Å². The van der Waals surface area contributed by atoms with Crippen molar-refractivity contribution in [3.8, 4) is 22.8 Å². The third-order valence-electron chi connectivity index (χ3n) is 7.87. The Hall–Kier alpha value is -4.32. The summed E-state index contributed by atoms with van der Waals surface area (Å²) in [6.45, 7) is 11.2. The number of hydrogen-bond acceptors (Lipinski definition) is 5. The molecule has 1 unspecified atom stereocenters. The molecule has 1 aliphatic heterocycles. The maximum atomic E-state index is 13.1. The molecule has 0 bridgehead atoms. The Morgan fingerprint density at radius 2 is 1.77 bits per heavy atom. The fraction of sp³-hybridized carbons (Fsp3) is 0.371. The van der Waals surface area contributed by atoms with E-state index in [1.807, 2.05) is 30.3 Å². The standard InChI is InChI=1S/C35H39F3N6O2S/c1-23(2)29-8-6-7-9-30(29)44-24(3)18-19-47-33(44)41-32(45)39-21-34(4,5)20-25-10-12-26(13-11-25)31-40-22-43(42-31)27-14-16-28(17-15-27)46-35(36,37)38/h6-17,22-24H,18-21H2,1-5H3,(H,39,45)/b41-33-. The quantitative estimate of drug-likeness (QED) is 0.193. The number of urea groups is 1. The van der Waals surface area contributed by atoms with Gasteiger partial charge in [0.15, 0.2) is 11.0 Å². The zero-order chi connectivity index (χ0) is 33.8. The summed E-state index contributed by atoms with van der Waals surface area (Å²) in [4.78, 5) is 24.2. The number of amidine groups is 1. The molecular formula is C35H39F3N6O2S. The Labute approximate surface area is 277 Å². The van der Waals surface area contributed by atoms with Crippen molar-refractivity contribution in [2.45, 2.75) is 65.8 Å².